The molecule has 1 atom stereocenters. The van der Waals surface area contributed by atoms with Crippen LogP contribution in [0.15, 0.2) is 18.2 Å². The van der Waals surface area contributed by atoms with Gasteiger partial charge in [-0.25, -0.2) is 0 Å². The van der Waals surface area contributed by atoms with E-state index >= 15 is 0 Å². The Morgan fingerprint density at radius 3 is 2.27 bits per heavy atom. The molecule has 0 amide bonds. The SMILES string of the molecule is CCN(CC)c1ccc([C@@H](C)N2CCNCC2)c(O)c1.Cl.Cl. The smallest absolute Gasteiger partial charge is 0.122 e. The first-order valence-corrected chi connectivity index (χ1v) is 7.70. The van der Waals surface area contributed by atoms with Crippen molar-refractivity contribution >= 4 is 30.5 Å². The Morgan fingerprint density at radius 2 is 1.77 bits per heavy atom. The van der Waals surface area contributed by atoms with E-state index in [4.69, 9.17) is 0 Å². The third-order valence-corrected chi connectivity index (χ3v) is 4.29. The number of hydrogen-bond donors (Lipinski definition) is 2. The molecule has 0 aliphatic carbocycles. The summed E-state index contributed by atoms with van der Waals surface area (Å²) in [6, 6.07) is 6.38. The largest absolute Gasteiger partial charge is 0.508 e. The molecule has 2 N–H and O–H groups in total. The number of hydrogen-bond acceptors (Lipinski definition) is 4. The van der Waals surface area contributed by atoms with E-state index in [0.717, 1.165) is 50.5 Å². The third kappa shape index (κ3) is 4.92. The molecular weight excluding hydrogens is 321 g/mol. The van der Waals surface area contributed by atoms with Crippen molar-refractivity contribution in [2.75, 3.05) is 44.2 Å². The van der Waals surface area contributed by atoms with Gasteiger partial charge in [0.05, 0.1) is 0 Å². The summed E-state index contributed by atoms with van der Waals surface area (Å²) in [5, 5.41) is 13.7. The van der Waals surface area contributed by atoms with Gasteiger partial charge in [-0.2, -0.15) is 0 Å². The molecule has 1 aromatic rings. The summed E-state index contributed by atoms with van der Waals surface area (Å²) in [6.45, 7) is 12.5. The maximum Gasteiger partial charge on any atom is 0.122 e. The van der Waals surface area contributed by atoms with E-state index in [-0.39, 0.29) is 30.9 Å². The van der Waals surface area contributed by atoms with Crippen LogP contribution in [-0.2, 0) is 0 Å². The topological polar surface area (TPSA) is 38.7 Å². The fourth-order valence-electron chi connectivity index (χ4n) is 2.94. The van der Waals surface area contributed by atoms with Crippen molar-refractivity contribution in [3.05, 3.63) is 23.8 Å². The van der Waals surface area contributed by atoms with Gasteiger partial charge in [0.1, 0.15) is 5.75 Å². The lowest BCUT2D eigenvalue weighted by atomic mass is 10.0. The number of nitrogens with one attached hydrogen (secondary N) is 1. The first kappa shape index (κ1) is 21.3. The van der Waals surface area contributed by atoms with Crippen LogP contribution in [0.3, 0.4) is 0 Å². The Kier molecular flexibility index (Phi) is 9.85. The summed E-state index contributed by atoms with van der Waals surface area (Å²) in [6.07, 6.45) is 0. The van der Waals surface area contributed by atoms with Crippen molar-refractivity contribution in [3.63, 3.8) is 0 Å². The van der Waals surface area contributed by atoms with Crippen LogP contribution in [0.5, 0.6) is 5.75 Å². The van der Waals surface area contributed by atoms with Crippen LogP contribution in [0.2, 0.25) is 0 Å². The lowest BCUT2D eigenvalue weighted by Crippen LogP contribution is -2.44. The number of aromatic hydroxyl groups is 1. The minimum absolute atomic E-state index is 0. The maximum absolute atomic E-state index is 10.4. The molecule has 128 valence electrons. The highest BCUT2D eigenvalue weighted by molar-refractivity contribution is 5.85. The van der Waals surface area contributed by atoms with Crippen molar-refractivity contribution in [2.45, 2.75) is 26.8 Å². The molecule has 0 aromatic heterocycles. The zero-order valence-electron chi connectivity index (χ0n) is 13.7. The molecule has 0 radical (unpaired) electrons. The van der Waals surface area contributed by atoms with E-state index in [9.17, 15) is 5.11 Å². The number of phenolic OH excluding ortho intramolecular Hbond substituents is 1. The Morgan fingerprint density at radius 1 is 1.18 bits per heavy atom. The monoisotopic (exact) mass is 349 g/mol. The first-order valence-electron chi connectivity index (χ1n) is 7.70. The predicted molar refractivity (Wildman–Crippen MR) is 99.0 cm³/mol. The van der Waals surface area contributed by atoms with Gasteiger partial charge in [-0.3, -0.25) is 4.90 Å². The highest BCUT2D eigenvalue weighted by Gasteiger charge is 2.20. The molecule has 6 heteroatoms. The highest BCUT2D eigenvalue weighted by Crippen LogP contribution is 2.32. The van der Waals surface area contributed by atoms with Gasteiger partial charge >= 0.3 is 0 Å². The molecule has 1 fully saturated rings. The second-order valence-corrected chi connectivity index (χ2v) is 5.38. The van der Waals surface area contributed by atoms with Crippen LogP contribution in [0.4, 0.5) is 5.69 Å². The zero-order valence-corrected chi connectivity index (χ0v) is 15.3. The van der Waals surface area contributed by atoms with Gasteiger partial charge in [-0.05, 0) is 26.8 Å². The molecule has 4 nitrogen and oxygen atoms in total. The Bertz CT molecular complexity index is 435. The van der Waals surface area contributed by atoms with E-state index in [1.807, 2.05) is 6.07 Å². The Hall–Kier alpha value is -0.680. The van der Waals surface area contributed by atoms with Gasteiger partial charge in [0.15, 0.2) is 0 Å². The molecule has 1 aromatic carbocycles. The minimum atomic E-state index is 0. The van der Waals surface area contributed by atoms with Crippen LogP contribution in [0.1, 0.15) is 32.4 Å². The van der Waals surface area contributed by atoms with E-state index in [0.29, 0.717) is 5.75 Å². The first-order chi connectivity index (χ1) is 9.67. The molecule has 0 saturated carbocycles. The summed E-state index contributed by atoms with van der Waals surface area (Å²) in [4.78, 5) is 4.67. The number of rotatable bonds is 5. The fraction of sp³-hybridized carbons (Fsp3) is 0.625. The van der Waals surface area contributed by atoms with Gasteiger partial charge in [-0.15, -0.1) is 24.8 Å². The molecule has 0 spiro atoms. The van der Waals surface area contributed by atoms with E-state index in [1.165, 1.54) is 0 Å². The number of halogens is 2. The van der Waals surface area contributed by atoms with Crippen molar-refractivity contribution in [2.24, 2.45) is 0 Å². The van der Waals surface area contributed by atoms with Crippen molar-refractivity contribution in [3.8, 4) is 5.75 Å². The number of anilines is 1. The molecule has 0 bridgehead atoms. The van der Waals surface area contributed by atoms with Gasteiger partial charge in [0, 0.05) is 62.6 Å². The zero-order chi connectivity index (χ0) is 14.5. The van der Waals surface area contributed by atoms with Crippen LogP contribution in [-0.4, -0.2) is 49.3 Å². The predicted octanol–water partition coefficient (Wildman–Crippen LogP) is 3.05. The number of nitrogens with zero attached hydrogens (tertiary/aromatic N) is 2. The summed E-state index contributed by atoms with van der Waals surface area (Å²) in [7, 11) is 0. The van der Waals surface area contributed by atoms with Crippen LogP contribution in [0.25, 0.3) is 0 Å². The van der Waals surface area contributed by atoms with Crippen LogP contribution >= 0.6 is 24.8 Å². The second kappa shape index (κ2) is 10.2. The van der Waals surface area contributed by atoms with Gasteiger partial charge < -0.3 is 15.3 Å². The van der Waals surface area contributed by atoms with Crippen LogP contribution in [0, 0.1) is 0 Å². The Labute approximate surface area is 146 Å². The molecule has 0 unspecified atom stereocenters. The number of piperazine rings is 1. The summed E-state index contributed by atoms with van der Waals surface area (Å²) in [5.41, 5.74) is 2.13. The summed E-state index contributed by atoms with van der Waals surface area (Å²) >= 11 is 0. The standard InChI is InChI=1S/C16H27N3O.2ClH/c1-4-18(5-2)14-6-7-15(16(20)12-14)13(3)19-10-8-17-9-11-19;;/h6-7,12-13,17,20H,4-5,8-11H2,1-3H3;2*1H/t13-;;/m1../s1. The lowest BCUT2D eigenvalue weighted by molar-refractivity contribution is 0.183. The molecule has 1 saturated heterocycles. The van der Waals surface area contributed by atoms with Crippen molar-refractivity contribution in [1.29, 1.82) is 0 Å². The van der Waals surface area contributed by atoms with Crippen molar-refractivity contribution in [1.82, 2.24) is 10.2 Å². The Balaban J connectivity index is 0.00000220. The third-order valence-electron chi connectivity index (χ3n) is 4.29. The maximum atomic E-state index is 10.4. The average molecular weight is 350 g/mol. The van der Waals surface area contributed by atoms with Gasteiger partial charge in [-0.1, -0.05) is 6.07 Å². The summed E-state index contributed by atoms with van der Waals surface area (Å²) in [5.74, 6) is 0.417. The minimum Gasteiger partial charge on any atom is -0.508 e. The van der Waals surface area contributed by atoms with E-state index in [2.05, 4.69) is 48.0 Å². The molecule has 22 heavy (non-hydrogen) atoms. The molecule has 1 aliphatic rings. The van der Waals surface area contributed by atoms with E-state index < -0.39 is 0 Å². The average Bonchev–Trinajstić information content (AvgIpc) is 2.49. The van der Waals surface area contributed by atoms with Crippen molar-refractivity contribution < 1.29 is 5.11 Å². The van der Waals surface area contributed by atoms with Crippen LogP contribution < -0.4 is 10.2 Å². The molecule has 1 heterocycles. The quantitative estimate of drug-likeness (QED) is 0.856. The highest BCUT2D eigenvalue weighted by atomic mass is 35.5. The molecule has 2 rings (SSSR count). The van der Waals surface area contributed by atoms with Gasteiger partial charge in [0.25, 0.3) is 0 Å². The number of phenols is 1. The van der Waals surface area contributed by atoms with E-state index in [1.54, 1.807) is 0 Å². The second-order valence-electron chi connectivity index (χ2n) is 5.38. The number of benzene rings is 1. The molecular formula is C16H29Cl2N3O. The van der Waals surface area contributed by atoms with Gasteiger partial charge in [0.2, 0.25) is 0 Å². The lowest BCUT2D eigenvalue weighted by Gasteiger charge is -2.33. The fourth-order valence-corrected chi connectivity index (χ4v) is 2.94. The summed E-state index contributed by atoms with van der Waals surface area (Å²) < 4.78 is 0. The molecule has 1 aliphatic heterocycles. The normalized spacial score (nSPS) is 16.3.